The minimum Gasteiger partial charge on any atom is -0.353 e. The molecule has 24 heavy (non-hydrogen) atoms. The summed E-state index contributed by atoms with van der Waals surface area (Å²) in [4.78, 5) is 15.9. The summed E-state index contributed by atoms with van der Waals surface area (Å²) in [5, 5.41) is 6.49. The Morgan fingerprint density at radius 3 is 2.46 bits per heavy atom. The second-order valence-electron chi connectivity index (χ2n) is 6.15. The van der Waals surface area contributed by atoms with Crippen molar-refractivity contribution in [2.45, 2.75) is 39.2 Å². The van der Waals surface area contributed by atoms with E-state index in [0.29, 0.717) is 39.4 Å². The van der Waals surface area contributed by atoms with Gasteiger partial charge in [0.1, 0.15) is 0 Å². The van der Waals surface area contributed by atoms with Gasteiger partial charge in [0.2, 0.25) is 5.91 Å². The van der Waals surface area contributed by atoms with Gasteiger partial charge in [0.15, 0.2) is 5.69 Å². The quantitative estimate of drug-likeness (QED) is 0.845. The highest BCUT2D eigenvalue weighted by Gasteiger charge is 2.33. The molecular formula is C15H24F3N5O. The van der Waals surface area contributed by atoms with E-state index in [1.807, 2.05) is 18.7 Å². The molecule has 6 nitrogen and oxygen atoms in total. The molecule has 1 aliphatic rings. The van der Waals surface area contributed by atoms with Crippen LogP contribution in [0, 0.1) is 0 Å². The van der Waals surface area contributed by atoms with Gasteiger partial charge in [-0.25, -0.2) is 0 Å². The molecule has 0 spiro atoms. The number of amides is 1. The number of hydrogen-bond donors (Lipinski definition) is 1. The summed E-state index contributed by atoms with van der Waals surface area (Å²) in [6, 6.07) is 1.15. The molecule has 1 aromatic heterocycles. The molecular weight excluding hydrogens is 323 g/mol. The average molecular weight is 347 g/mol. The topological polar surface area (TPSA) is 53.4 Å². The highest BCUT2D eigenvalue weighted by Crippen LogP contribution is 2.27. The van der Waals surface area contributed by atoms with Crippen molar-refractivity contribution in [3.8, 4) is 0 Å². The summed E-state index contributed by atoms with van der Waals surface area (Å²) in [6.07, 6.45) is -2.18. The van der Waals surface area contributed by atoms with E-state index in [4.69, 9.17) is 0 Å². The van der Waals surface area contributed by atoms with Crippen LogP contribution in [0.3, 0.4) is 0 Å². The monoisotopic (exact) mass is 347 g/mol. The fourth-order valence-corrected chi connectivity index (χ4v) is 2.51. The van der Waals surface area contributed by atoms with E-state index in [0.717, 1.165) is 12.5 Å². The summed E-state index contributed by atoms with van der Waals surface area (Å²) >= 11 is 0. The van der Waals surface area contributed by atoms with Gasteiger partial charge in [0, 0.05) is 38.4 Å². The lowest BCUT2D eigenvalue weighted by atomic mass is 10.2. The molecule has 9 heteroatoms. The van der Waals surface area contributed by atoms with Gasteiger partial charge < -0.3 is 5.32 Å². The Balaban J connectivity index is 1.75. The molecule has 0 saturated carbocycles. The third-order valence-corrected chi connectivity index (χ3v) is 4.13. The molecule has 2 rings (SSSR count). The van der Waals surface area contributed by atoms with Crippen molar-refractivity contribution >= 4 is 5.91 Å². The lowest BCUT2D eigenvalue weighted by Gasteiger charge is -2.34. The Hall–Kier alpha value is -1.61. The lowest BCUT2D eigenvalue weighted by Crippen LogP contribution is -2.50. The molecule has 1 atom stereocenters. The molecule has 0 aromatic carbocycles. The first kappa shape index (κ1) is 18.7. The van der Waals surface area contributed by atoms with Crippen molar-refractivity contribution in [2.75, 3.05) is 32.7 Å². The lowest BCUT2D eigenvalue weighted by molar-refractivity contribution is -0.141. The van der Waals surface area contributed by atoms with E-state index in [9.17, 15) is 18.0 Å². The van der Waals surface area contributed by atoms with E-state index in [1.54, 1.807) is 0 Å². The maximum atomic E-state index is 12.5. The zero-order valence-electron chi connectivity index (χ0n) is 14.0. The smallest absolute Gasteiger partial charge is 0.353 e. The molecule has 0 unspecified atom stereocenters. The van der Waals surface area contributed by atoms with E-state index in [2.05, 4.69) is 15.3 Å². The van der Waals surface area contributed by atoms with Gasteiger partial charge in [-0.2, -0.15) is 18.3 Å². The average Bonchev–Trinajstić information content (AvgIpc) is 2.97. The molecule has 1 fully saturated rings. The number of hydrogen-bond acceptors (Lipinski definition) is 4. The van der Waals surface area contributed by atoms with Crippen LogP contribution < -0.4 is 5.32 Å². The number of alkyl halides is 3. The third kappa shape index (κ3) is 5.48. The number of rotatable bonds is 6. The molecule has 1 N–H and O–H groups in total. The van der Waals surface area contributed by atoms with Crippen molar-refractivity contribution in [1.29, 1.82) is 0 Å². The maximum absolute atomic E-state index is 12.5. The highest BCUT2D eigenvalue weighted by atomic mass is 19.4. The summed E-state index contributed by atoms with van der Waals surface area (Å²) < 4.78 is 38.9. The molecule has 0 aliphatic carbocycles. The highest BCUT2D eigenvalue weighted by molar-refractivity contribution is 5.78. The zero-order valence-corrected chi connectivity index (χ0v) is 14.0. The number of carbonyl (C=O) groups excluding carboxylic acids is 1. The molecule has 0 bridgehead atoms. The number of nitrogens with zero attached hydrogens (tertiary/aromatic N) is 4. The standard InChI is InChI=1S/C15H24F3N5O/c1-3-12(2)19-14(24)10-21-6-8-22(9-7-21)11-23-5-4-13(20-23)15(16,17)18/h4-5,12H,3,6-11H2,1-2H3,(H,19,24)/t12-/m0/s1. The van der Waals surface area contributed by atoms with E-state index < -0.39 is 11.9 Å². The maximum Gasteiger partial charge on any atom is 0.435 e. The first-order chi connectivity index (χ1) is 11.3. The van der Waals surface area contributed by atoms with E-state index in [-0.39, 0.29) is 11.9 Å². The van der Waals surface area contributed by atoms with Crippen molar-refractivity contribution in [3.05, 3.63) is 18.0 Å². The SMILES string of the molecule is CC[C@H](C)NC(=O)CN1CCN(Cn2ccc(C(F)(F)F)n2)CC1. The Morgan fingerprint density at radius 2 is 1.92 bits per heavy atom. The van der Waals surface area contributed by atoms with Crippen LogP contribution in [0.5, 0.6) is 0 Å². The molecule has 136 valence electrons. The van der Waals surface area contributed by atoms with Gasteiger partial charge in [-0.3, -0.25) is 19.3 Å². The molecule has 1 saturated heterocycles. The van der Waals surface area contributed by atoms with Crippen LogP contribution in [0.15, 0.2) is 12.3 Å². The fraction of sp³-hybridized carbons (Fsp3) is 0.733. The van der Waals surface area contributed by atoms with E-state index >= 15 is 0 Å². The normalized spacial score (nSPS) is 18.5. The van der Waals surface area contributed by atoms with Crippen LogP contribution in [0.25, 0.3) is 0 Å². The molecule has 1 aromatic rings. The Kier molecular flexibility index (Phi) is 6.22. The van der Waals surface area contributed by atoms with Crippen LogP contribution in [0.4, 0.5) is 13.2 Å². The zero-order chi connectivity index (χ0) is 17.7. The second kappa shape index (κ2) is 7.98. The number of nitrogens with one attached hydrogen (secondary N) is 1. The predicted molar refractivity (Wildman–Crippen MR) is 83.1 cm³/mol. The van der Waals surface area contributed by atoms with Crippen molar-refractivity contribution < 1.29 is 18.0 Å². The van der Waals surface area contributed by atoms with Gasteiger partial charge in [0.25, 0.3) is 0 Å². The van der Waals surface area contributed by atoms with Crippen LogP contribution >= 0.6 is 0 Å². The van der Waals surface area contributed by atoms with Gasteiger partial charge in [-0.15, -0.1) is 0 Å². The number of halogens is 3. The minimum atomic E-state index is -4.41. The van der Waals surface area contributed by atoms with Crippen molar-refractivity contribution in [2.24, 2.45) is 0 Å². The second-order valence-corrected chi connectivity index (χ2v) is 6.15. The van der Waals surface area contributed by atoms with Crippen LogP contribution in [-0.4, -0.2) is 64.3 Å². The predicted octanol–water partition coefficient (Wildman–Crippen LogP) is 1.39. The molecule has 1 amide bonds. The largest absolute Gasteiger partial charge is 0.435 e. The minimum absolute atomic E-state index is 0.0136. The van der Waals surface area contributed by atoms with Crippen molar-refractivity contribution in [3.63, 3.8) is 0 Å². The first-order valence-electron chi connectivity index (χ1n) is 8.12. The number of piperazine rings is 1. The summed E-state index contributed by atoms with van der Waals surface area (Å²) in [6.45, 7) is 7.47. The van der Waals surface area contributed by atoms with Gasteiger partial charge in [-0.1, -0.05) is 6.92 Å². The summed E-state index contributed by atoms with van der Waals surface area (Å²) in [7, 11) is 0. The Labute approximate surface area is 139 Å². The molecule has 0 radical (unpaired) electrons. The Bertz CT molecular complexity index is 537. The number of aromatic nitrogens is 2. The van der Waals surface area contributed by atoms with Gasteiger partial charge in [-0.05, 0) is 19.4 Å². The summed E-state index contributed by atoms with van der Waals surface area (Å²) in [5.74, 6) is 0.0136. The first-order valence-corrected chi connectivity index (χ1v) is 8.12. The van der Waals surface area contributed by atoms with E-state index in [1.165, 1.54) is 10.9 Å². The van der Waals surface area contributed by atoms with Crippen LogP contribution in [-0.2, 0) is 17.6 Å². The third-order valence-electron chi connectivity index (χ3n) is 4.13. The molecule has 1 aliphatic heterocycles. The summed E-state index contributed by atoms with van der Waals surface area (Å²) in [5.41, 5.74) is -0.872. The van der Waals surface area contributed by atoms with Gasteiger partial charge >= 0.3 is 6.18 Å². The van der Waals surface area contributed by atoms with Crippen molar-refractivity contribution in [1.82, 2.24) is 24.9 Å². The Morgan fingerprint density at radius 1 is 1.29 bits per heavy atom. The fourth-order valence-electron chi connectivity index (χ4n) is 2.51. The number of carbonyl (C=O) groups is 1. The van der Waals surface area contributed by atoms with Gasteiger partial charge in [0.05, 0.1) is 13.2 Å². The van der Waals surface area contributed by atoms with Crippen LogP contribution in [0.1, 0.15) is 26.0 Å². The molecule has 2 heterocycles. The van der Waals surface area contributed by atoms with Crippen LogP contribution in [0.2, 0.25) is 0 Å².